The maximum atomic E-state index is 7.72. The van der Waals surface area contributed by atoms with Crippen molar-refractivity contribution < 1.29 is 14.1 Å². The summed E-state index contributed by atoms with van der Waals surface area (Å²) in [4.78, 5) is 15.4. The Kier molecular flexibility index (Phi) is 10.3. The maximum Gasteiger partial charge on any atom is 0.158 e. The first-order chi connectivity index (χ1) is 20.8. The molecule has 1 aliphatic rings. The summed E-state index contributed by atoms with van der Waals surface area (Å²) in [6.07, 6.45) is 0. The van der Waals surface area contributed by atoms with E-state index >= 15 is 0 Å². The molecule has 4 aromatic carbocycles. The Balaban J connectivity index is 0.000000854. The van der Waals surface area contributed by atoms with E-state index in [1.54, 1.807) is 0 Å². The van der Waals surface area contributed by atoms with E-state index in [9.17, 15) is 0 Å². The van der Waals surface area contributed by atoms with Crippen LogP contribution in [-0.4, -0.2) is 9.79 Å². The van der Waals surface area contributed by atoms with Crippen LogP contribution in [-0.2, 0) is 26.0 Å². The summed E-state index contributed by atoms with van der Waals surface area (Å²) in [5.41, 5.74) is 16.8. The second kappa shape index (κ2) is 13.0. The van der Waals surface area contributed by atoms with Gasteiger partial charge in [0.25, 0.3) is 0 Å². The lowest BCUT2D eigenvalue weighted by Crippen LogP contribution is -2.19. The van der Waals surface area contributed by atoms with Crippen LogP contribution in [0, 0.1) is 0 Å². The summed E-state index contributed by atoms with van der Waals surface area (Å²) in [6, 6.07) is 28.2. The third kappa shape index (κ3) is 7.45. The molecule has 0 aromatic heterocycles. The van der Waals surface area contributed by atoms with E-state index in [0.29, 0.717) is 0 Å². The average Bonchev–Trinajstić information content (AvgIpc) is 2.93. The average molecular weight is 643 g/mol. The molecule has 0 spiro atoms. The van der Waals surface area contributed by atoms with Crippen LogP contribution in [0.2, 0.25) is 0 Å². The second-order valence-corrected chi connectivity index (χ2v) is 17.4. The van der Waals surface area contributed by atoms with Gasteiger partial charge in [-0.25, -0.2) is 0 Å². The Labute approximate surface area is 275 Å². The van der Waals surface area contributed by atoms with Crippen LogP contribution in [0.25, 0.3) is 44.5 Å². The summed E-state index contributed by atoms with van der Waals surface area (Å²) in [6.45, 7) is 28.0. The van der Waals surface area contributed by atoms with Crippen LogP contribution in [0.3, 0.4) is 0 Å². The first-order valence-corrected chi connectivity index (χ1v) is 17.5. The Morgan fingerprint density at radius 1 is 0.422 bits per heavy atom. The molecule has 45 heavy (non-hydrogen) atoms. The van der Waals surface area contributed by atoms with Gasteiger partial charge in [-0.1, -0.05) is 156 Å². The molecular weight excluding hydrogens is 590 g/mol. The van der Waals surface area contributed by atoms with Crippen molar-refractivity contribution in [3.63, 3.8) is 0 Å². The van der Waals surface area contributed by atoms with Gasteiger partial charge in [0.15, 0.2) is 18.1 Å². The molecule has 0 saturated carbocycles. The predicted octanol–water partition coefficient (Wildman–Crippen LogP) is 11.9. The highest BCUT2D eigenvalue weighted by atomic mass is 31.2. The van der Waals surface area contributed by atoms with Crippen molar-refractivity contribution in [2.45, 2.75) is 105 Å². The largest absolute Gasteiger partial charge is 0.352 e. The predicted molar refractivity (Wildman–Crippen MR) is 199 cm³/mol. The number of hydrogen-bond acceptors (Lipinski definition) is 3. The van der Waals surface area contributed by atoms with Gasteiger partial charge in [0.1, 0.15) is 0 Å². The minimum absolute atomic E-state index is 0.00278. The van der Waals surface area contributed by atoms with Crippen molar-refractivity contribution in [1.29, 1.82) is 0 Å². The Morgan fingerprint density at radius 2 is 0.800 bits per heavy atom. The van der Waals surface area contributed by atoms with E-state index < -0.39 is 18.1 Å². The van der Waals surface area contributed by atoms with E-state index in [2.05, 4.69) is 160 Å². The summed E-state index contributed by atoms with van der Waals surface area (Å²) in [7, 11) is -1.16. The smallest absolute Gasteiger partial charge is 0.158 e. The van der Waals surface area contributed by atoms with Crippen LogP contribution in [0.1, 0.15) is 105 Å². The van der Waals surface area contributed by atoms with Crippen LogP contribution in [0.5, 0.6) is 0 Å². The molecule has 240 valence electrons. The lowest BCUT2D eigenvalue weighted by Gasteiger charge is -2.34. The maximum absolute atomic E-state index is 7.72. The van der Waals surface area contributed by atoms with Crippen molar-refractivity contribution in [1.82, 2.24) is 0 Å². The molecule has 5 rings (SSSR count). The first kappa shape index (κ1) is 35.5. The third-order valence-electron chi connectivity index (χ3n) is 8.73. The molecule has 2 N–H and O–H groups in total. The molecular formula is C40H52O3P2. The van der Waals surface area contributed by atoms with Gasteiger partial charge >= 0.3 is 0 Å². The Morgan fingerprint density at radius 3 is 1.22 bits per heavy atom. The van der Waals surface area contributed by atoms with Crippen molar-refractivity contribution in [2.24, 2.45) is 0 Å². The van der Waals surface area contributed by atoms with Gasteiger partial charge in [-0.05, 0) is 88.4 Å². The molecule has 0 radical (unpaired) electrons. The molecule has 0 amide bonds. The number of benzene rings is 4. The van der Waals surface area contributed by atoms with Gasteiger partial charge in [0, 0.05) is 0 Å². The van der Waals surface area contributed by atoms with Crippen molar-refractivity contribution in [3.8, 4) is 44.5 Å². The minimum atomic E-state index is -0.580. The fraction of sp³-hybridized carbons (Fsp3) is 0.400. The van der Waals surface area contributed by atoms with Crippen molar-refractivity contribution in [3.05, 3.63) is 95.1 Å². The van der Waals surface area contributed by atoms with E-state index in [4.69, 9.17) is 9.79 Å². The van der Waals surface area contributed by atoms with Gasteiger partial charge in [-0.15, -0.1) is 0 Å². The molecule has 4 aromatic rings. The lowest BCUT2D eigenvalue weighted by atomic mass is 9.69. The van der Waals surface area contributed by atoms with Crippen LogP contribution in [0.4, 0.5) is 0 Å². The molecule has 2 unspecified atom stereocenters. The monoisotopic (exact) mass is 642 g/mol. The summed E-state index contributed by atoms with van der Waals surface area (Å²) < 4.78 is 4.00. The molecule has 0 bridgehead atoms. The number of rotatable bonds is 4. The van der Waals surface area contributed by atoms with Gasteiger partial charge in [0.05, 0.1) is 0 Å². The minimum Gasteiger partial charge on any atom is -0.352 e. The third-order valence-corrected chi connectivity index (χ3v) is 9.46. The van der Waals surface area contributed by atoms with Crippen molar-refractivity contribution in [2.75, 3.05) is 0 Å². The molecule has 0 heterocycles. The first-order valence-electron chi connectivity index (χ1n) is 15.8. The van der Waals surface area contributed by atoms with E-state index in [0.717, 1.165) is 0 Å². The molecule has 2 atom stereocenters. The van der Waals surface area contributed by atoms with Gasteiger partial charge in [-0.3, -0.25) is 4.31 Å². The fourth-order valence-electron chi connectivity index (χ4n) is 6.22. The lowest BCUT2D eigenvalue weighted by molar-refractivity contribution is 0.496. The van der Waals surface area contributed by atoms with Crippen LogP contribution in [0.15, 0.2) is 72.8 Å². The standard InChI is InChI=1S/C40H48.H4O3P2/c1-37(2,3)25-17-19-28(33(23-25)39(7,8)9)31-22-21-30-27-15-13-14-16-29(27)35(30)36(31)32-20-18-26(38(4,5)6)24-34(32)40(10,11)12;1-4-3-5-2/h13-24H,1-12H3;1-2,4-5H. The zero-order chi connectivity index (χ0) is 33.5. The highest BCUT2D eigenvalue weighted by Crippen LogP contribution is 2.56. The normalized spacial score (nSPS) is 13.5. The summed E-state index contributed by atoms with van der Waals surface area (Å²) in [5, 5.41) is 0. The topological polar surface area (TPSA) is 49.7 Å². The van der Waals surface area contributed by atoms with Gasteiger partial charge in [0.2, 0.25) is 0 Å². The zero-order valence-electron chi connectivity index (χ0n) is 29.2. The number of fused-ring (bicyclic) bond motifs is 4. The molecule has 1 aliphatic carbocycles. The molecule has 0 aliphatic heterocycles. The highest BCUT2D eigenvalue weighted by molar-refractivity contribution is 7.39. The van der Waals surface area contributed by atoms with Gasteiger partial charge in [-0.2, -0.15) is 0 Å². The second-order valence-electron chi connectivity index (χ2n) is 16.3. The molecule has 5 heteroatoms. The SMILES string of the molecule is CC(C)(C)c1ccc(-c2ccc3c(c2-c2ccc(C(C)(C)C)cc2C(C)(C)C)-c2ccccc2-3)c(C(C)(C)C)c1.OPOPO. The number of hydrogen-bond donors (Lipinski definition) is 2. The van der Waals surface area contributed by atoms with Gasteiger partial charge < -0.3 is 9.79 Å². The van der Waals surface area contributed by atoms with E-state index in [1.807, 2.05) is 0 Å². The molecule has 3 nitrogen and oxygen atoms in total. The Hall–Kier alpha value is -2.38. The quantitative estimate of drug-likeness (QED) is 0.192. The Bertz CT molecular complexity index is 1670. The van der Waals surface area contributed by atoms with Crippen LogP contribution >= 0.6 is 18.1 Å². The summed E-state index contributed by atoms with van der Waals surface area (Å²) >= 11 is 0. The molecule has 0 fully saturated rings. The van der Waals surface area contributed by atoms with E-state index in [1.165, 1.54) is 66.8 Å². The highest BCUT2D eigenvalue weighted by Gasteiger charge is 2.33. The van der Waals surface area contributed by atoms with E-state index in [-0.39, 0.29) is 21.7 Å². The fourth-order valence-corrected chi connectivity index (χ4v) is 6.38. The van der Waals surface area contributed by atoms with Crippen LogP contribution < -0.4 is 0 Å². The summed E-state index contributed by atoms with van der Waals surface area (Å²) in [5.74, 6) is 0. The molecule has 0 saturated heterocycles. The van der Waals surface area contributed by atoms with Crippen molar-refractivity contribution >= 4 is 18.1 Å². The zero-order valence-corrected chi connectivity index (χ0v) is 31.2.